The van der Waals surface area contributed by atoms with Crippen LogP contribution in [0.4, 0.5) is 19.0 Å². The molecule has 3 saturated carbocycles. The molecule has 0 spiro atoms. The van der Waals surface area contributed by atoms with Crippen LogP contribution in [-0.4, -0.2) is 33.2 Å². The van der Waals surface area contributed by atoms with Crippen LogP contribution < -0.4 is 5.32 Å². The summed E-state index contributed by atoms with van der Waals surface area (Å²) in [6.45, 7) is 2.01. The molecule has 3 aliphatic carbocycles. The van der Waals surface area contributed by atoms with Crippen molar-refractivity contribution in [2.24, 2.45) is 17.8 Å². The second-order valence-corrected chi connectivity index (χ2v) is 7.71. The van der Waals surface area contributed by atoms with Gasteiger partial charge in [0.15, 0.2) is 5.82 Å². The van der Waals surface area contributed by atoms with Gasteiger partial charge in [0.2, 0.25) is 5.28 Å². The molecule has 2 heterocycles. The molecule has 0 aromatic carbocycles. The molecular formula is C18H20ClF3N4O2. The highest BCUT2D eigenvalue weighted by molar-refractivity contribution is 6.28. The number of fused-ring (bicyclic) bond motifs is 4. The van der Waals surface area contributed by atoms with E-state index >= 15 is 0 Å². The SMILES string of the molecule is CCOC(=O)[C@H]1C2CCC(CC2)[C@@H]1Nc1nc(Cl)nn2ccc(C(F)(F)F)c12. The van der Waals surface area contributed by atoms with Crippen LogP contribution in [0.3, 0.4) is 0 Å². The first kappa shape index (κ1) is 19.3. The van der Waals surface area contributed by atoms with Gasteiger partial charge in [0, 0.05) is 12.2 Å². The number of nitrogens with zero attached hydrogens (tertiary/aromatic N) is 3. The third kappa shape index (κ3) is 3.29. The van der Waals surface area contributed by atoms with Crippen molar-refractivity contribution in [3.63, 3.8) is 0 Å². The monoisotopic (exact) mass is 416 g/mol. The molecule has 5 rings (SSSR count). The number of nitrogens with one attached hydrogen (secondary N) is 1. The first-order valence-electron chi connectivity index (χ1n) is 9.34. The minimum atomic E-state index is -4.56. The number of hydrogen-bond donors (Lipinski definition) is 1. The lowest BCUT2D eigenvalue weighted by molar-refractivity contribution is -0.154. The van der Waals surface area contributed by atoms with E-state index in [0.29, 0.717) is 0 Å². The van der Waals surface area contributed by atoms with Gasteiger partial charge in [-0.1, -0.05) is 0 Å². The third-order valence-corrected chi connectivity index (χ3v) is 6.03. The maximum atomic E-state index is 13.5. The van der Waals surface area contributed by atoms with E-state index in [9.17, 15) is 18.0 Å². The minimum absolute atomic E-state index is 0.0100. The van der Waals surface area contributed by atoms with Crippen molar-refractivity contribution in [2.75, 3.05) is 11.9 Å². The Hall–Kier alpha value is -2.03. The molecule has 3 aliphatic rings. The smallest absolute Gasteiger partial charge is 0.418 e. The summed E-state index contributed by atoms with van der Waals surface area (Å²) in [5, 5.41) is 6.79. The standard InChI is InChI=1S/C18H20ClF3N4O2/c1-2-28-16(27)12-9-3-5-10(6-4-9)13(12)23-15-14-11(18(20,21)22)7-8-26(14)25-17(19)24-15/h7-10,12-13H,2-6H2,1H3,(H,23,24,25)/t9?,10?,12-,13-/m0/s1. The molecule has 6 nitrogen and oxygen atoms in total. The highest BCUT2D eigenvalue weighted by Crippen LogP contribution is 2.47. The highest BCUT2D eigenvalue weighted by atomic mass is 35.5. The summed E-state index contributed by atoms with van der Waals surface area (Å²) in [4.78, 5) is 16.6. The number of halogens is 4. The van der Waals surface area contributed by atoms with Crippen LogP contribution in [0.5, 0.6) is 0 Å². The molecule has 152 valence electrons. The Morgan fingerprint density at radius 2 is 2.00 bits per heavy atom. The Labute approximate surface area is 164 Å². The van der Waals surface area contributed by atoms with Crippen molar-refractivity contribution in [2.45, 2.75) is 44.8 Å². The zero-order valence-corrected chi connectivity index (χ0v) is 15.9. The highest BCUT2D eigenvalue weighted by Gasteiger charge is 2.48. The van der Waals surface area contributed by atoms with Crippen LogP contribution >= 0.6 is 11.6 Å². The van der Waals surface area contributed by atoms with Crippen molar-refractivity contribution < 1.29 is 22.7 Å². The molecule has 2 bridgehead atoms. The van der Waals surface area contributed by atoms with Crippen LogP contribution in [0.15, 0.2) is 12.3 Å². The van der Waals surface area contributed by atoms with Gasteiger partial charge in [-0.15, -0.1) is 5.10 Å². The van der Waals surface area contributed by atoms with E-state index in [4.69, 9.17) is 16.3 Å². The zero-order valence-electron chi connectivity index (χ0n) is 15.2. The number of carbonyl (C=O) groups is 1. The summed E-state index contributed by atoms with van der Waals surface area (Å²) in [5.41, 5.74) is -1.04. The first-order valence-corrected chi connectivity index (χ1v) is 9.72. The van der Waals surface area contributed by atoms with Gasteiger partial charge in [-0.25, -0.2) is 4.52 Å². The van der Waals surface area contributed by atoms with Crippen LogP contribution in [0.1, 0.15) is 38.2 Å². The average Bonchev–Trinajstić information content (AvgIpc) is 3.07. The fourth-order valence-corrected chi connectivity index (χ4v) is 4.89. The van der Waals surface area contributed by atoms with Gasteiger partial charge in [0.05, 0.1) is 18.1 Å². The van der Waals surface area contributed by atoms with Gasteiger partial charge < -0.3 is 10.1 Å². The molecule has 28 heavy (non-hydrogen) atoms. The largest absolute Gasteiger partial charge is 0.466 e. The predicted octanol–water partition coefficient (Wildman–Crippen LogP) is 4.18. The number of alkyl halides is 3. The number of aromatic nitrogens is 3. The molecule has 0 unspecified atom stereocenters. The fourth-order valence-electron chi connectivity index (χ4n) is 4.72. The van der Waals surface area contributed by atoms with Crippen LogP contribution in [0, 0.1) is 17.8 Å². The molecular weight excluding hydrogens is 397 g/mol. The quantitative estimate of drug-likeness (QED) is 0.757. The van der Waals surface area contributed by atoms with Crippen LogP contribution in [0.25, 0.3) is 5.52 Å². The Balaban J connectivity index is 1.76. The summed E-state index contributed by atoms with van der Waals surface area (Å²) in [6.07, 6.45) is 0.318. The maximum Gasteiger partial charge on any atom is 0.418 e. The molecule has 0 saturated heterocycles. The van der Waals surface area contributed by atoms with E-state index in [1.54, 1.807) is 6.92 Å². The van der Waals surface area contributed by atoms with Crippen molar-refractivity contribution in [3.8, 4) is 0 Å². The molecule has 0 amide bonds. The molecule has 0 radical (unpaired) electrons. The van der Waals surface area contributed by atoms with Crippen molar-refractivity contribution in [3.05, 3.63) is 23.1 Å². The summed E-state index contributed by atoms with van der Waals surface area (Å²) in [7, 11) is 0. The molecule has 2 aromatic rings. The molecule has 2 aromatic heterocycles. The molecule has 1 N–H and O–H groups in total. The lowest BCUT2D eigenvalue weighted by atomic mass is 9.61. The molecule has 2 atom stereocenters. The third-order valence-electron chi connectivity index (χ3n) is 5.87. The predicted molar refractivity (Wildman–Crippen MR) is 96.0 cm³/mol. The van der Waals surface area contributed by atoms with Crippen molar-refractivity contribution >= 4 is 28.9 Å². The Morgan fingerprint density at radius 3 is 2.64 bits per heavy atom. The molecule has 10 heteroatoms. The number of anilines is 1. The number of carbonyl (C=O) groups excluding carboxylic acids is 1. The van der Waals surface area contributed by atoms with Gasteiger partial charge >= 0.3 is 12.1 Å². The van der Waals surface area contributed by atoms with Crippen molar-refractivity contribution in [1.29, 1.82) is 0 Å². The van der Waals surface area contributed by atoms with Gasteiger partial charge in [-0.05, 0) is 62.1 Å². The molecule has 0 aliphatic heterocycles. The fraction of sp³-hybridized carbons (Fsp3) is 0.611. The Morgan fingerprint density at radius 1 is 1.32 bits per heavy atom. The lowest BCUT2D eigenvalue weighted by Gasteiger charge is -2.47. The Kier molecular flexibility index (Phi) is 4.89. The second-order valence-electron chi connectivity index (χ2n) is 7.37. The van der Waals surface area contributed by atoms with Crippen LogP contribution in [-0.2, 0) is 15.7 Å². The van der Waals surface area contributed by atoms with Crippen molar-refractivity contribution in [1.82, 2.24) is 14.6 Å². The first-order chi connectivity index (χ1) is 13.3. The number of rotatable bonds is 4. The topological polar surface area (TPSA) is 68.5 Å². The van der Waals surface area contributed by atoms with E-state index in [1.165, 1.54) is 6.20 Å². The summed E-state index contributed by atoms with van der Waals surface area (Å²) in [6, 6.07) is 0.596. The van der Waals surface area contributed by atoms with Gasteiger partial charge in [0.1, 0.15) is 5.52 Å². The number of esters is 1. The number of ether oxygens (including phenoxy) is 1. The average molecular weight is 417 g/mol. The van der Waals surface area contributed by atoms with Crippen LogP contribution in [0.2, 0.25) is 5.28 Å². The van der Waals surface area contributed by atoms with E-state index < -0.39 is 17.7 Å². The summed E-state index contributed by atoms with van der Waals surface area (Å²) < 4.78 is 46.7. The van der Waals surface area contributed by atoms with E-state index in [2.05, 4.69) is 15.4 Å². The van der Waals surface area contributed by atoms with Gasteiger partial charge in [-0.2, -0.15) is 18.2 Å². The van der Waals surface area contributed by atoms with E-state index in [0.717, 1.165) is 36.3 Å². The zero-order chi connectivity index (χ0) is 20.1. The lowest BCUT2D eigenvalue weighted by Crippen LogP contribution is -2.52. The van der Waals surface area contributed by atoms with Gasteiger partial charge in [-0.3, -0.25) is 4.79 Å². The Bertz CT molecular complexity index is 893. The molecule has 3 fully saturated rings. The number of hydrogen-bond acceptors (Lipinski definition) is 5. The van der Waals surface area contributed by atoms with Gasteiger partial charge in [0.25, 0.3) is 0 Å². The maximum absolute atomic E-state index is 13.5. The summed E-state index contributed by atoms with van der Waals surface area (Å²) >= 11 is 5.94. The van der Waals surface area contributed by atoms with E-state index in [-0.39, 0.29) is 47.1 Å². The normalized spacial score (nSPS) is 27.2. The summed E-state index contributed by atoms with van der Waals surface area (Å²) in [5.74, 6) is -0.409. The van der Waals surface area contributed by atoms with E-state index in [1.807, 2.05) is 0 Å². The second kappa shape index (κ2) is 7.09. The minimum Gasteiger partial charge on any atom is -0.466 e.